The summed E-state index contributed by atoms with van der Waals surface area (Å²) in [5, 5.41) is 6.21. The molecule has 0 unspecified atom stereocenters. The third kappa shape index (κ3) is 6.64. The number of hydrogen-bond acceptors (Lipinski definition) is 4. The third-order valence-electron chi connectivity index (χ3n) is 5.11. The first kappa shape index (κ1) is 22.5. The average molecular weight is 425 g/mol. The van der Waals surface area contributed by atoms with Gasteiger partial charge in [-0.1, -0.05) is 24.3 Å². The largest absolute Gasteiger partial charge is 0.495 e. The molecule has 0 spiro atoms. The van der Waals surface area contributed by atoms with Crippen LogP contribution in [0.2, 0.25) is 0 Å². The standard InChI is InChI=1S/C24H32N4O3/c1-4-25-24(26-17-19-10-11-23(30-3)22(16-19)27-18(2)29)28-14-12-21(13-15-28)31-20-8-6-5-7-9-20/h5-11,16,21H,4,12-15,17H2,1-3H3,(H,25,26)(H,27,29). The average Bonchev–Trinajstić information content (AvgIpc) is 2.78. The van der Waals surface area contributed by atoms with Gasteiger partial charge in [-0.3, -0.25) is 4.79 Å². The fraction of sp³-hybridized carbons (Fsp3) is 0.417. The first-order chi connectivity index (χ1) is 15.1. The van der Waals surface area contributed by atoms with Crippen LogP contribution in [0.1, 0.15) is 32.3 Å². The second-order valence-corrected chi connectivity index (χ2v) is 7.50. The van der Waals surface area contributed by atoms with Crippen LogP contribution in [0.15, 0.2) is 53.5 Å². The number of methoxy groups -OCH3 is 1. The van der Waals surface area contributed by atoms with E-state index >= 15 is 0 Å². The zero-order valence-corrected chi connectivity index (χ0v) is 18.6. The van der Waals surface area contributed by atoms with Gasteiger partial charge < -0.3 is 25.0 Å². The van der Waals surface area contributed by atoms with E-state index in [1.165, 1.54) is 6.92 Å². The van der Waals surface area contributed by atoms with Crippen LogP contribution in [0.25, 0.3) is 0 Å². The number of guanidine groups is 1. The number of carbonyl (C=O) groups is 1. The number of rotatable bonds is 7. The highest BCUT2D eigenvalue weighted by Gasteiger charge is 2.22. The van der Waals surface area contributed by atoms with Crippen molar-refractivity contribution in [3.05, 3.63) is 54.1 Å². The van der Waals surface area contributed by atoms with Gasteiger partial charge in [0, 0.05) is 39.4 Å². The minimum atomic E-state index is -0.132. The molecule has 0 bridgehead atoms. The predicted molar refractivity (Wildman–Crippen MR) is 124 cm³/mol. The second kappa shape index (κ2) is 11.2. The van der Waals surface area contributed by atoms with Gasteiger partial charge in [-0.2, -0.15) is 0 Å². The van der Waals surface area contributed by atoms with Gasteiger partial charge in [0.25, 0.3) is 0 Å². The van der Waals surface area contributed by atoms with E-state index in [4.69, 9.17) is 14.5 Å². The molecule has 1 fully saturated rings. The van der Waals surface area contributed by atoms with Crippen molar-refractivity contribution >= 4 is 17.6 Å². The highest BCUT2D eigenvalue weighted by molar-refractivity contribution is 5.90. The summed E-state index contributed by atoms with van der Waals surface area (Å²) in [7, 11) is 1.59. The number of nitrogens with zero attached hydrogens (tertiary/aromatic N) is 2. The van der Waals surface area contributed by atoms with Crippen LogP contribution < -0.4 is 20.1 Å². The molecule has 0 aromatic heterocycles. The molecule has 2 N–H and O–H groups in total. The maximum absolute atomic E-state index is 11.5. The molecule has 0 atom stereocenters. The number of ether oxygens (including phenoxy) is 2. The van der Waals surface area contributed by atoms with E-state index in [0.717, 1.165) is 49.7 Å². The predicted octanol–water partition coefficient (Wildman–Crippen LogP) is 3.66. The van der Waals surface area contributed by atoms with Crippen molar-refractivity contribution in [2.45, 2.75) is 39.3 Å². The van der Waals surface area contributed by atoms with Gasteiger partial charge in [-0.25, -0.2) is 4.99 Å². The zero-order chi connectivity index (χ0) is 22.1. The van der Waals surface area contributed by atoms with Crippen LogP contribution in [0.3, 0.4) is 0 Å². The number of aliphatic imine (C=N–C) groups is 1. The zero-order valence-electron chi connectivity index (χ0n) is 18.6. The van der Waals surface area contributed by atoms with E-state index in [-0.39, 0.29) is 12.0 Å². The number of benzene rings is 2. The Morgan fingerprint density at radius 1 is 1.16 bits per heavy atom. The highest BCUT2D eigenvalue weighted by Crippen LogP contribution is 2.26. The Labute approximate surface area is 184 Å². The van der Waals surface area contributed by atoms with Crippen molar-refractivity contribution in [3.8, 4) is 11.5 Å². The van der Waals surface area contributed by atoms with Gasteiger partial charge in [0.1, 0.15) is 17.6 Å². The van der Waals surface area contributed by atoms with Crippen molar-refractivity contribution in [2.24, 2.45) is 4.99 Å². The highest BCUT2D eigenvalue weighted by atomic mass is 16.5. The van der Waals surface area contributed by atoms with E-state index in [1.807, 2.05) is 48.5 Å². The lowest BCUT2D eigenvalue weighted by atomic mass is 10.1. The molecule has 7 heteroatoms. The molecule has 0 radical (unpaired) electrons. The maximum Gasteiger partial charge on any atom is 0.221 e. The van der Waals surface area contributed by atoms with Crippen molar-refractivity contribution < 1.29 is 14.3 Å². The van der Waals surface area contributed by atoms with Crippen molar-refractivity contribution in [1.29, 1.82) is 0 Å². The Kier molecular flexibility index (Phi) is 8.15. The van der Waals surface area contributed by atoms with Crippen LogP contribution >= 0.6 is 0 Å². The van der Waals surface area contributed by atoms with E-state index in [1.54, 1.807) is 7.11 Å². The number of amides is 1. The Morgan fingerprint density at radius 3 is 2.55 bits per heavy atom. The number of hydrogen-bond donors (Lipinski definition) is 2. The Hall–Kier alpha value is -3.22. The molecular weight excluding hydrogens is 392 g/mol. The summed E-state index contributed by atoms with van der Waals surface area (Å²) in [5.41, 5.74) is 1.66. The lowest BCUT2D eigenvalue weighted by Crippen LogP contribution is -2.47. The Balaban J connectivity index is 1.62. The number of likely N-dealkylation sites (tertiary alicyclic amines) is 1. The van der Waals surface area contributed by atoms with Crippen molar-refractivity contribution in [1.82, 2.24) is 10.2 Å². The van der Waals surface area contributed by atoms with Gasteiger partial charge in [0.15, 0.2) is 5.96 Å². The Bertz CT molecular complexity index is 878. The minimum absolute atomic E-state index is 0.132. The second-order valence-electron chi connectivity index (χ2n) is 7.50. The summed E-state index contributed by atoms with van der Waals surface area (Å²) in [6.07, 6.45) is 2.13. The molecule has 3 rings (SSSR count). The number of piperidine rings is 1. The van der Waals surface area contributed by atoms with Gasteiger partial charge in [0.05, 0.1) is 19.3 Å². The molecule has 7 nitrogen and oxygen atoms in total. The molecule has 1 amide bonds. The van der Waals surface area contributed by atoms with Crippen LogP contribution in [0, 0.1) is 0 Å². The van der Waals surface area contributed by atoms with Crippen molar-refractivity contribution in [3.63, 3.8) is 0 Å². The molecule has 0 aliphatic carbocycles. The summed E-state index contributed by atoms with van der Waals surface area (Å²) in [6.45, 7) is 6.66. The Morgan fingerprint density at radius 2 is 1.90 bits per heavy atom. The fourth-order valence-corrected chi connectivity index (χ4v) is 3.61. The van der Waals surface area contributed by atoms with Gasteiger partial charge >= 0.3 is 0 Å². The summed E-state index contributed by atoms with van der Waals surface area (Å²) in [4.78, 5) is 18.6. The van der Waals surface area contributed by atoms with E-state index in [9.17, 15) is 4.79 Å². The minimum Gasteiger partial charge on any atom is -0.495 e. The van der Waals surface area contributed by atoms with Crippen LogP contribution in [0.5, 0.6) is 11.5 Å². The monoisotopic (exact) mass is 424 g/mol. The maximum atomic E-state index is 11.5. The summed E-state index contributed by atoms with van der Waals surface area (Å²) in [5.74, 6) is 2.33. The lowest BCUT2D eigenvalue weighted by molar-refractivity contribution is -0.114. The third-order valence-corrected chi connectivity index (χ3v) is 5.11. The molecule has 1 heterocycles. The molecule has 1 aliphatic rings. The number of nitrogens with one attached hydrogen (secondary N) is 2. The van der Waals surface area contributed by atoms with Gasteiger partial charge in [-0.05, 0) is 36.8 Å². The molecule has 166 valence electrons. The van der Waals surface area contributed by atoms with Crippen LogP contribution in [-0.4, -0.2) is 49.6 Å². The molecular formula is C24H32N4O3. The van der Waals surface area contributed by atoms with E-state index < -0.39 is 0 Å². The van der Waals surface area contributed by atoms with E-state index in [2.05, 4.69) is 22.5 Å². The molecule has 1 saturated heterocycles. The quantitative estimate of drug-likeness (QED) is 0.524. The van der Waals surface area contributed by atoms with Crippen LogP contribution in [0.4, 0.5) is 5.69 Å². The fourth-order valence-electron chi connectivity index (χ4n) is 3.61. The summed E-state index contributed by atoms with van der Waals surface area (Å²) < 4.78 is 11.4. The SMILES string of the molecule is CCNC(=NCc1ccc(OC)c(NC(C)=O)c1)N1CCC(Oc2ccccc2)CC1. The lowest BCUT2D eigenvalue weighted by Gasteiger charge is -2.34. The topological polar surface area (TPSA) is 75.2 Å². The number of anilines is 1. The molecule has 31 heavy (non-hydrogen) atoms. The van der Waals surface area contributed by atoms with Gasteiger partial charge in [0.2, 0.25) is 5.91 Å². The normalized spacial score (nSPS) is 14.8. The number of para-hydroxylation sites is 1. The van der Waals surface area contributed by atoms with Crippen LogP contribution in [-0.2, 0) is 11.3 Å². The summed E-state index contributed by atoms with van der Waals surface area (Å²) in [6, 6.07) is 15.7. The van der Waals surface area contributed by atoms with E-state index in [0.29, 0.717) is 18.0 Å². The molecule has 2 aromatic carbocycles. The first-order valence-corrected chi connectivity index (χ1v) is 10.8. The summed E-state index contributed by atoms with van der Waals surface area (Å²) >= 11 is 0. The molecule has 0 saturated carbocycles. The number of carbonyl (C=O) groups excluding carboxylic acids is 1. The smallest absolute Gasteiger partial charge is 0.221 e. The first-order valence-electron chi connectivity index (χ1n) is 10.8. The molecule has 2 aromatic rings. The molecule has 1 aliphatic heterocycles. The van der Waals surface area contributed by atoms with Crippen molar-refractivity contribution in [2.75, 3.05) is 32.1 Å². The van der Waals surface area contributed by atoms with Gasteiger partial charge in [-0.15, -0.1) is 0 Å².